The van der Waals surface area contributed by atoms with Crippen molar-refractivity contribution >= 4 is 18.3 Å². The maximum absolute atomic E-state index is 11.7. The lowest BCUT2D eigenvalue weighted by atomic mass is 9.79. The summed E-state index contributed by atoms with van der Waals surface area (Å²) in [5.41, 5.74) is 8.22. The first kappa shape index (κ1) is 18.0. The Bertz CT molecular complexity index is 490. The van der Waals surface area contributed by atoms with E-state index in [0.29, 0.717) is 0 Å². The fraction of sp³-hybridized carbons (Fsp3) is 0.562. The third kappa shape index (κ3) is 4.43. The van der Waals surface area contributed by atoms with Crippen LogP contribution in [0, 0.1) is 5.41 Å². The van der Waals surface area contributed by atoms with Crippen LogP contribution >= 0.6 is 12.4 Å². The lowest BCUT2D eigenvalue weighted by molar-refractivity contribution is 0.0896. The molecule has 3 N–H and O–H groups in total. The van der Waals surface area contributed by atoms with Gasteiger partial charge in [0, 0.05) is 38.3 Å². The molecule has 0 aliphatic carbocycles. The Morgan fingerprint density at radius 2 is 2.19 bits per heavy atom. The molecule has 5 heteroatoms. The number of nitrogens with zero attached hydrogens (tertiary/aromatic N) is 1. The van der Waals surface area contributed by atoms with Crippen LogP contribution in [-0.2, 0) is 6.54 Å². The van der Waals surface area contributed by atoms with Gasteiger partial charge >= 0.3 is 0 Å². The van der Waals surface area contributed by atoms with E-state index in [1.807, 2.05) is 18.2 Å². The number of hydrogen-bond donors (Lipinski definition) is 2. The number of piperidine rings is 1. The van der Waals surface area contributed by atoms with Crippen molar-refractivity contribution in [2.45, 2.75) is 32.9 Å². The quantitative estimate of drug-likeness (QED) is 0.898. The zero-order chi connectivity index (χ0) is 14.8. The number of halogens is 1. The van der Waals surface area contributed by atoms with Crippen molar-refractivity contribution in [2.24, 2.45) is 11.1 Å². The summed E-state index contributed by atoms with van der Waals surface area (Å²) >= 11 is 0. The van der Waals surface area contributed by atoms with Gasteiger partial charge in [0.2, 0.25) is 0 Å². The minimum atomic E-state index is -0.0344. The highest BCUT2D eigenvalue weighted by Crippen LogP contribution is 2.28. The van der Waals surface area contributed by atoms with Gasteiger partial charge in [-0.15, -0.1) is 12.4 Å². The van der Waals surface area contributed by atoms with Gasteiger partial charge < -0.3 is 11.1 Å². The van der Waals surface area contributed by atoms with Crippen molar-refractivity contribution < 1.29 is 4.79 Å². The summed E-state index contributed by atoms with van der Waals surface area (Å²) in [5.74, 6) is -0.0344. The van der Waals surface area contributed by atoms with Gasteiger partial charge in [-0.2, -0.15) is 0 Å². The van der Waals surface area contributed by atoms with E-state index in [1.54, 1.807) is 7.05 Å². The number of rotatable bonds is 3. The molecule has 0 saturated carbocycles. The zero-order valence-corrected chi connectivity index (χ0v) is 13.9. The summed E-state index contributed by atoms with van der Waals surface area (Å²) in [7, 11) is 1.66. The molecule has 0 bridgehead atoms. The summed E-state index contributed by atoms with van der Waals surface area (Å²) in [4.78, 5) is 14.1. The molecular weight excluding hydrogens is 286 g/mol. The highest BCUT2D eigenvalue weighted by Gasteiger charge is 2.33. The monoisotopic (exact) mass is 311 g/mol. The number of benzene rings is 1. The average Bonchev–Trinajstić information content (AvgIpc) is 2.42. The molecule has 1 aliphatic heterocycles. The van der Waals surface area contributed by atoms with Crippen molar-refractivity contribution in [1.29, 1.82) is 0 Å². The Balaban J connectivity index is 0.00000220. The third-order valence-electron chi connectivity index (χ3n) is 4.21. The zero-order valence-electron chi connectivity index (χ0n) is 13.1. The van der Waals surface area contributed by atoms with E-state index in [2.05, 4.69) is 30.1 Å². The van der Waals surface area contributed by atoms with Gasteiger partial charge in [0.1, 0.15) is 0 Å². The molecule has 4 nitrogen and oxygen atoms in total. The van der Waals surface area contributed by atoms with Crippen LogP contribution in [0.25, 0.3) is 0 Å². The summed E-state index contributed by atoms with van der Waals surface area (Å²) in [6.45, 7) is 7.35. The Morgan fingerprint density at radius 3 is 2.81 bits per heavy atom. The Hall–Kier alpha value is -1.10. The van der Waals surface area contributed by atoms with Gasteiger partial charge in [-0.25, -0.2) is 0 Å². The van der Waals surface area contributed by atoms with E-state index in [0.717, 1.165) is 31.6 Å². The standard InChI is InChI=1S/C16H25N3O.ClH/c1-16(2)11-19(8-7-14(16)17)10-12-5-4-6-13(9-12)15(20)18-3;/h4-6,9,14H,7-8,10-11,17H2,1-3H3,(H,18,20);1H. The fourth-order valence-corrected chi connectivity index (χ4v) is 2.83. The topological polar surface area (TPSA) is 58.4 Å². The van der Waals surface area contributed by atoms with Crippen LogP contribution in [0.3, 0.4) is 0 Å². The Labute approximate surface area is 133 Å². The average molecular weight is 312 g/mol. The van der Waals surface area contributed by atoms with Crippen molar-refractivity contribution in [3.63, 3.8) is 0 Å². The molecule has 1 aromatic carbocycles. The Kier molecular flexibility index (Phi) is 6.20. The van der Waals surface area contributed by atoms with E-state index < -0.39 is 0 Å². The number of amides is 1. The van der Waals surface area contributed by atoms with E-state index in [4.69, 9.17) is 5.73 Å². The van der Waals surface area contributed by atoms with Gasteiger partial charge in [-0.05, 0) is 29.5 Å². The molecule has 118 valence electrons. The van der Waals surface area contributed by atoms with Crippen LogP contribution in [0.1, 0.15) is 36.2 Å². The van der Waals surface area contributed by atoms with Gasteiger partial charge in [-0.1, -0.05) is 26.0 Å². The minimum absolute atomic E-state index is 0. The van der Waals surface area contributed by atoms with Crippen molar-refractivity contribution in [1.82, 2.24) is 10.2 Å². The fourth-order valence-electron chi connectivity index (χ4n) is 2.83. The molecular formula is C16H26ClN3O. The summed E-state index contributed by atoms with van der Waals surface area (Å²) < 4.78 is 0. The van der Waals surface area contributed by atoms with Crippen molar-refractivity contribution in [3.8, 4) is 0 Å². The molecule has 1 aliphatic rings. The maximum atomic E-state index is 11.7. The summed E-state index contributed by atoms with van der Waals surface area (Å²) in [5, 5.41) is 2.66. The van der Waals surface area contributed by atoms with E-state index in [1.165, 1.54) is 5.56 Å². The van der Waals surface area contributed by atoms with E-state index in [-0.39, 0.29) is 29.8 Å². The Morgan fingerprint density at radius 1 is 1.48 bits per heavy atom. The van der Waals surface area contributed by atoms with Crippen LogP contribution in [0.4, 0.5) is 0 Å². The van der Waals surface area contributed by atoms with Crippen molar-refractivity contribution in [3.05, 3.63) is 35.4 Å². The minimum Gasteiger partial charge on any atom is -0.355 e. The van der Waals surface area contributed by atoms with E-state index >= 15 is 0 Å². The third-order valence-corrected chi connectivity index (χ3v) is 4.21. The molecule has 1 fully saturated rings. The lowest BCUT2D eigenvalue weighted by Gasteiger charge is -2.42. The van der Waals surface area contributed by atoms with Crippen LogP contribution in [0.5, 0.6) is 0 Å². The highest BCUT2D eigenvalue weighted by atomic mass is 35.5. The molecule has 1 atom stereocenters. The summed E-state index contributed by atoms with van der Waals surface area (Å²) in [6, 6.07) is 8.11. The second kappa shape index (κ2) is 7.25. The predicted octanol–water partition coefficient (Wildman–Crippen LogP) is 2.03. The number of hydrogen-bond acceptors (Lipinski definition) is 3. The van der Waals surface area contributed by atoms with Gasteiger partial charge in [-0.3, -0.25) is 9.69 Å². The molecule has 1 saturated heterocycles. The maximum Gasteiger partial charge on any atom is 0.251 e. The number of carbonyl (C=O) groups excluding carboxylic acids is 1. The highest BCUT2D eigenvalue weighted by molar-refractivity contribution is 5.94. The van der Waals surface area contributed by atoms with E-state index in [9.17, 15) is 4.79 Å². The molecule has 1 amide bonds. The predicted molar refractivity (Wildman–Crippen MR) is 88.7 cm³/mol. The molecule has 0 radical (unpaired) electrons. The summed E-state index contributed by atoms with van der Waals surface area (Å²) in [6.07, 6.45) is 1.03. The number of carbonyl (C=O) groups is 1. The molecule has 2 rings (SSSR count). The van der Waals surface area contributed by atoms with Crippen LogP contribution in [0.15, 0.2) is 24.3 Å². The largest absolute Gasteiger partial charge is 0.355 e. The van der Waals surface area contributed by atoms with Crippen LogP contribution < -0.4 is 11.1 Å². The van der Waals surface area contributed by atoms with Gasteiger partial charge in [0.15, 0.2) is 0 Å². The normalized spacial score (nSPS) is 21.4. The molecule has 21 heavy (non-hydrogen) atoms. The molecule has 1 unspecified atom stereocenters. The molecule has 1 aromatic rings. The lowest BCUT2D eigenvalue weighted by Crippen LogP contribution is -2.52. The second-order valence-electron chi connectivity index (χ2n) is 6.37. The second-order valence-corrected chi connectivity index (χ2v) is 6.37. The van der Waals surface area contributed by atoms with Crippen LogP contribution in [0.2, 0.25) is 0 Å². The van der Waals surface area contributed by atoms with Gasteiger partial charge in [0.05, 0.1) is 0 Å². The first-order valence-electron chi connectivity index (χ1n) is 7.21. The molecule has 0 spiro atoms. The number of nitrogens with one attached hydrogen (secondary N) is 1. The van der Waals surface area contributed by atoms with Gasteiger partial charge in [0.25, 0.3) is 5.91 Å². The number of nitrogens with two attached hydrogens (primary N) is 1. The van der Waals surface area contributed by atoms with Crippen molar-refractivity contribution in [2.75, 3.05) is 20.1 Å². The SMILES string of the molecule is CNC(=O)c1cccc(CN2CCC(N)C(C)(C)C2)c1.Cl. The molecule has 1 heterocycles. The molecule has 0 aromatic heterocycles. The first-order chi connectivity index (χ1) is 9.42. The smallest absolute Gasteiger partial charge is 0.251 e. The van der Waals surface area contributed by atoms with Crippen LogP contribution in [-0.4, -0.2) is 37.0 Å². The first-order valence-corrected chi connectivity index (χ1v) is 7.21. The number of likely N-dealkylation sites (tertiary alicyclic amines) is 1.